The second kappa shape index (κ2) is 8.32. The number of hydrogen-bond acceptors (Lipinski definition) is 2. The third-order valence-corrected chi connectivity index (χ3v) is 4.93. The van der Waals surface area contributed by atoms with Crippen LogP contribution in [0, 0.1) is 0 Å². The Balaban J connectivity index is 1.86. The summed E-state index contributed by atoms with van der Waals surface area (Å²) < 4.78 is 0. The zero-order valence-corrected chi connectivity index (χ0v) is 15.2. The van der Waals surface area contributed by atoms with Gasteiger partial charge in [-0.3, -0.25) is 4.79 Å². The Hall–Kier alpha value is -2.10. The lowest BCUT2D eigenvalue weighted by molar-refractivity contribution is -0.116. The van der Waals surface area contributed by atoms with E-state index >= 15 is 0 Å². The van der Waals surface area contributed by atoms with E-state index in [1.165, 1.54) is 0 Å². The zero-order chi connectivity index (χ0) is 17.6. The molecule has 0 aliphatic carbocycles. The van der Waals surface area contributed by atoms with Gasteiger partial charge in [0.15, 0.2) is 0 Å². The summed E-state index contributed by atoms with van der Waals surface area (Å²) in [4.78, 5) is 15.3. The first-order valence-corrected chi connectivity index (χ1v) is 9.02. The first-order valence-electron chi connectivity index (χ1n) is 8.64. The number of nitrogens with one attached hydrogen (secondary N) is 1. The van der Waals surface area contributed by atoms with Crippen molar-refractivity contribution in [3.05, 3.63) is 70.7 Å². The van der Waals surface area contributed by atoms with Crippen molar-refractivity contribution in [3.63, 3.8) is 0 Å². The molecule has 2 aromatic carbocycles. The average molecular weight is 355 g/mol. The molecular weight excluding hydrogens is 332 g/mol. The van der Waals surface area contributed by atoms with Crippen LogP contribution in [-0.4, -0.2) is 37.0 Å². The fourth-order valence-corrected chi connectivity index (χ4v) is 3.25. The Morgan fingerprint density at radius 3 is 2.40 bits per heavy atom. The highest BCUT2D eigenvalue weighted by Crippen LogP contribution is 2.24. The molecule has 3 nitrogen and oxygen atoms in total. The standard InChI is InChI=1S/C21H23ClN2O/c1-24-13-11-18(12-14-24)23-21(25)19(16-7-3-2-4-8-16)15-17-9-5-6-10-20(17)22/h2-10,15,18H,11-14H2,1H3,(H,23,25)/b19-15+. The lowest BCUT2D eigenvalue weighted by Gasteiger charge is -2.29. The van der Waals surface area contributed by atoms with Gasteiger partial charge in [-0.2, -0.15) is 0 Å². The van der Waals surface area contributed by atoms with Gasteiger partial charge in [-0.05, 0) is 56.2 Å². The van der Waals surface area contributed by atoms with Gasteiger partial charge in [0.1, 0.15) is 0 Å². The Morgan fingerprint density at radius 2 is 1.72 bits per heavy atom. The van der Waals surface area contributed by atoms with Gasteiger partial charge < -0.3 is 10.2 Å². The largest absolute Gasteiger partial charge is 0.349 e. The molecule has 1 fully saturated rings. The minimum Gasteiger partial charge on any atom is -0.349 e. The molecule has 0 saturated carbocycles. The number of carbonyl (C=O) groups is 1. The number of nitrogens with zero attached hydrogens (tertiary/aromatic N) is 1. The van der Waals surface area contributed by atoms with E-state index in [0.717, 1.165) is 37.1 Å². The maximum Gasteiger partial charge on any atom is 0.252 e. The van der Waals surface area contributed by atoms with E-state index < -0.39 is 0 Å². The molecule has 0 atom stereocenters. The lowest BCUT2D eigenvalue weighted by Crippen LogP contribution is -2.43. The first kappa shape index (κ1) is 17.7. The fraction of sp³-hybridized carbons (Fsp3) is 0.286. The minimum absolute atomic E-state index is 0.0410. The number of likely N-dealkylation sites (tertiary alicyclic amines) is 1. The lowest BCUT2D eigenvalue weighted by atomic mass is 10.00. The van der Waals surface area contributed by atoms with Crippen molar-refractivity contribution >= 4 is 29.2 Å². The highest BCUT2D eigenvalue weighted by Gasteiger charge is 2.21. The summed E-state index contributed by atoms with van der Waals surface area (Å²) in [5, 5.41) is 3.84. The van der Waals surface area contributed by atoms with Crippen LogP contribution in [0.5, 0.6) is 0 Å². The molecule has 1 N–H and O–H groups in total. The minimum atomic E-state index is -0.0410. The summed E-state index contributed by atoms with van der Waals surface area (Å²) in [7, 11) is 2.12. The molecule has 2 aromatic rings. The summed E-state index contributed by atoms with van der Waals surface area (Å²) in [5.74, 6) is -0.0410. The third kappa shape index (κ3) is 4.71. The topological polar surface area (TPSA) is 32.3 Å². The van der Waals surface area contributed by atoms with Crippen molar-refractivity contribution in [3.8, 4) is 0 Å². The summed E-state index contributed by atoms with van der Waals surface area (Å²) >= 11 is 6.29. The number of hydrogen-bond donors (Lipinski definition) is 1. The van der Waals surface area contributed by atoms with Crippen LogP contribution in [0.2, 0.25) is 5.02 Å². The molecule has 0 radical (unpaired) electrons. The van der Waals surface area contributed by atoms with Gasteiger partial charge in [-0.1, -0.05) is 60.1 Å². The summed E-state index contributed by atoms with van der Waals surface area (Å²) in [6, 6.07) is 17.5. The predicted molar refractivity (Wildman–Crippen MR) is 104 cm³/mol. The van der Waals surface area contributed by atoms with Crippen LogP contribution in [0.1, 0.15) is 24.0 Å². The number of piperidine rings is 1. The number of halogens is 1. The van der Waals surface area contributed by atoms with Gasteiger partial charge in [0.2, 0.25) is 0 Å². The molecule has 1 heterocycles. The van der Waals surface area contributed by atoms with E-state index in [0.29, 0.717) is 10.6 Å². The number of carbonyl (C=O) groups excluding carboxylic acids is 1. The Morgan fingerprint density at radius 1 is 1.08 bits per heavy atom. The SMILES string of the molecule is CN1CCC(NC(=O)/C(=C/c2ccccc2Cl)c2ccccc2)CC1. The summed E-state index contributed by atoms with van der Waals surface area (Å²) in [6.45, 7) is 2.03. The quantitative estimate of drug-likeness (QED) is 0.662. The Kier molecular flexibility index (Phi) is 5.90. The van der Waals surface area contributed by atoms with E-state index in [1.54, 1.807) is 0 Å². The van der Waals surface area contributed by atoms with Crippen molar-refractivity contribution in [1.29, 1.82) is 0 Å². The van der Waals surface area contributed by atoms with Crippen molar-refractivity contribution < 1.29 is 4.79 Å². The zero-order valence-electron chi connectivity index (χ0n) is 14.4. The molecule has 0 spiro atoms. The molecule has 1 aliphatic heterocycles. The normalized spacial score (nSPS) is 16.6. The molecule has 25 heavy (non-hydrogen) atoms. The van der Waals surface area contributed by atoms with Gasteiger partial charge >= 0.3 is 0 Å². The van der Waals surface area contributed by atoms with Crippen LogP contribution >= 0.6 is 11.6 Å². The van der Waals surface area contributed by atoms with E-state index in [4.69, 9.17) is 11.6 Å². The van der Waals surface area contributed by atoms with Gasteiger partial charge in [0.05, 0.1) is 0 Å². The van der Waals surface area contributed by atoms with Gasteiger partial charge in [-0.15, -0.1) is 0 Å². The average Bonchev–Trinajstić information content (AvgIpc) is 2.63. The Bertz CT molecular complexity index is 750. The molecule has 130 valence electrons. The van der Waals surface area contributed by atoms with Crippen LogP contribution in [0.3, 0.4) is 0 Å². The first-order chi connectivity index (χ1) is 12.1. The van der Waals surface area contributed by atoms with Crippen LogP contribution < -0.4 is 5.32 Å². The molecule has 1 saturated heterocycles. The highest BCUT2D eigenvalue weighted by atomic mass is 35.5. The molecule has 0 unspecified atom stereocenters. The van der Waals surface area contributed by atoms with Crippen molar-refractivity contribution in [2.45, 2.75) is 18.9 Å². The highest BCUT2D eigenvalue weighted by molar-refractivity contribution is 6.33. The fourth-order valence-electron chi connectivity index (χ4n) is 3.06. The smallest absolute Gasteiger partial charge is 0.252 e. The van der Waals surface area contributed by atoms with Gasteiger partial charge in [0, 0.05) is 16.6 Å². The molecule has 3 rings (SSSR count). The van der Waals surface area contributed by atoms with Crippen LogP contribution in [0.15, 0.2) is 54.6 Å². The van der Waals surface area contributed by atoms with Gasteiger partial charge in [0.25, 0.3) is 5.91 Å². The van der Waals surface area contributed by atoms with Crippen LogP contribution in [0.4, 0.5) is 0 Å². The second-order valence-electron chi connectivity index (χ2n) is 6.50. The maximum absolute atomic E-state index is 13.0. The molecule has 1 aliphatic rings. The third-order valence-electron chi connectivity index (χ3n) is 4.59. The monoisotopic (exact) mass is 354 g/mol. The second-order valence-corrected chi connectivity index (χ2v) is 6.90. The van der Waals surface area contributed by atoms with Crippen molar-refractivity contribution in [2.75, 3.05) is 20.1 Å². The molecule has 1 amide bonds. The number of rotatable bonds is 4. The van der Waals surface area contributed by atoms with Crippen molar-refractivity contribution in [1.82, 2.24) is 10.2 Å². The van der Waals surface area contributed by atoms with E-state index in [9.17, 15) is 4.79 Å². The molecule has 0 bridgehead atoms. The van der Waals surface area contributed by atoms with E-state index in [1.807, 2.05) is 60.7 Å². The summed E-state index contributed by atoms with van der Waals surface area (Å²) in [5.41, 5.74) is 2.39. The Labute approximate surface area is 154 Å². The summed E-state index contributed by atoms with van der Waals surface area (Å²) in [6.07, 6.45) is 3.84. The van der Waals surface area contributed by atoms with Crippen LogP contribution in [0.25, 0.3) is 11.6 Å². The maximum atomic E-state index is 13.0. The number of amides is 1. The van der Waals surface area contributed by atoms with E-state index in [-0.39, 0.29) is 11.9 Å². The molecular formula is C21H23ClN2O. The van der Waals surface area contributed by atoms with Crippen molar-refractivity contribution in [2.24, 2.45) is 0 Å². The van der Waals surface area contributed by atoms with Crippen LogP contribution in [-0.2, 0) is 4.79 Å². The predicted octanol–water partition coefficient (Wildman–Crippen LogP) is 4.09. The molecule has 4 heteroatoms. The van der Waals surface area contributed by atoms with E-state index in [2.05, 4.69) is 17.3 Å². The van der Waals surface area contributed by atoms with Gasteiger partial charge in [-0.25, -0.2) is 0 Å². The molecule has 0 aromatic heterocycles. The number of benzene rings is 2.